The second-order valence-electron chi connectivity index (χ2n) is 8.46. The molecule has 4 rings (SSSR count). The van der Waals surface area contributed by atoms with Crippen LogP contribution in [-0.2, 0) is 6.54 Å². The molecule has 0 saturated carbocycles. The molecule has 1 aromatic heterocycles. The number of amides is 1. The van der Waals surface area contributed by atoms with Gasteiger partial charge in [-0.3, -0.25) is 4.79 Å². The van der Waals surface area contributed by atoms with Crippen molar-refractivity contribution in [3.8, 4) is 17.2 Å². The highest BCUT2D eigenvalue weighted by molar-refractivity contribution is 7.19. The first kappa shape index (κ1) is 26.8. The van der Waals surface area contributed by atoms with Gasteiger partial charge in [0.2, 0.25) is 5.75 Å². The summed E-state index contributed by atoms with van der Waals surface area (Å²) in [6, 6.07) is 14.5. The molecule has 1 atom stereocenters. The number of hydrogen-bond acceptors (Lipinski definition) is 6. The number of hydrogen-bond donors (Lipinski definition) is 0. The molecule has 2 aromatic carbocycles. The normalized spacial score (nSPS) is 15.4. The number of rotatable bonds is 9. The van der Waals surface area contributed by atoms with Gasteiger partial charge in [-0.05, 0) is 62.5 Å². The van der Waals surface area contributed by atoms with E-state index in [1.54, 1.807) is 44.8 Å². The average molecular weight is 499 g/mol. The molecule has 190 valence electrons. The molecule has 0 radical (unpaired) electrons. The van der Waals surface area contributed by atoms with Gasteiger partial charge < -0.3 is 24.0 Å². The third kappa shape index (κ3) is 6.27. The Morgan fingerprint density at radius 3 is 2.31 bits per heavy atom. The third-order valence-corrected chi connectivity index (χ3v) is 7.53. The number of nitrogens with zero attached hydrogens (tertiary/aromatic N) is 2. The van der Waals surface area contributed by atoms with Gasteiger partial charge in [0, 0.05) is 27.7 Å². The Bertz CT molecular complexity index is 1060. The van der Waals surface area contributed by atoms with Crippen LogP contribution in [0.1, 0.15) is 48.3 Å². The van der Waals surface area contributed by atoms with E-state index in [1.165, 1.54) is 27.8 Å². The van der Waals surface area contributed by atoms with Crippen LogP contribution < -0.4 is 14.2 Å². The molecule has 0 N–H and O–H groups in total. The average Bonchev–Trinajstić information content (AvgIpc) is 3.51. The lowest BCUT2D eigenvalue weighted by Crippen LogP contribution is -2.35. The van der Waals surface area contributed by atoms with E-state index in [9.17, 15) is 4.79 Å². The van der Waals surface area contributed by atoms with Crippen LogP contribution >= 0.6 is 11.3 Å². The van der Waals surface area contributed by atoms with Crippen molar-refractivity contribution < 1.29 is 19.0 Å². The van der Waals surface area contributed by atoms with E-state index in [0.29, 0.717) is 41.9 Å². The summed E-state index contributed by atoms with van der Waals surface area (Å²) >= 11 is 1.74. The molecule has 0 spiro atoms. The zero-order chi connectivity index (χ0) is 25.4. The monoisotopic (exact) mass is 498 g/mol. The summed E-state index contributed by atoms with van der Waals surface area (Å²) in [6.07, 6.45) is 3.36. The van der Waals surface area contributed by atoms with Gasteiger partial charge in [-0.25, -0.2) is 0 Å². The lowest BCUT2D eigenvalue weighted by atomic mass is 10.1. The topological polar surface area (TPSA) is 51.2 Å². The Hall–Kier alpha value is -2.77. The SMILES string of the molecule is CC.COc1cc(C(=O)N(CCC2CCCN2C)Cc2cc3ccccc3s2)cc(OC)c1OC. The molecule has 0 bridgehead atoms. The molecule has 35 heavy (non-hydrogen) atoms. The Kier molecular flexibility index (Phi) is 9.81. The molecule has 1 aliphatic rings. The van der Waals surface area contributed by atoms with Crippen LogP contribution in [0.15, 0.2) is 42.5 Å². The molecule has 1 aliphatic heterocycles. The maximum absolute atomic E-state index is 13.8. The van der Waals surface area contributed by atoms with Crippen LogP contribution in [0.4, 0.5) is 0 Å². The number of carbonyl (C=O) groups excluding carboxylic acids is 1. The van der Waals surface area contributed by atoms with Gasteiger partial charge in [0.15, 0.2) is 11.5 Å². The standard InChI is InChI=1S/C26H32N2O4S.C2H6/c1-27-12-7-9-20(27)11-13-28(17-21-14-18-8-5-6-10-24(18)33-21)26(29)19-15-22(30-2)25(32-4)23(16-19)31-3;1-2/h5-6,8,10,14-16,20H,7,9,11-13,17H2,1-4H3;1-2H3. The number of likely N-dealkylation sites (tertiary alicyclic amines) is 1. The minimum Gasteiger partial charge on any atom is -0.493 e. The second kappa shape index (κ2) is 12.8. The quantitative estimate of drug-likeness (QED) is 0.358. The van der Waals surface area contributed by atoms with Crippen LogP contribution in [0.3, 0.4) is 0 Å². The van der Waals surface area contributed by atoms with E-state index in [1.807, 2.05) is 24.8 Å². The molecule has 6 nitrogen and oxygen atoms in total. The Morgan fingerprint density at radius 2 is 1.74 bits per heavy atom. The maximum Gasteiger partial charge on any atom is 0.254 e. The Labute approximate surface area is 213 Å². The van der Waals surface area contributed by atoms with Gasteiger partial charge in [0.25, 0.3) is 5.91 Å². The molecule has 1 saturated heterocycles. The summed E-state index contributed by atoms with van der Waals surface area (Å²) in [5.74, 6) is 1.42. The van der Waals surface area contributed by atoms with E-state index >= 15 is 0 Å². The predicted molar refractivity (Wildman–Crippen MR) is 144 cm³/mol. The molecule has 7 heteroatoms. The van der Waals surface area contributed by atoms with Crippen molar-refractivity contribution in [2.45, 2.75) is 45.7 Å². The second-order valence-corrected chi connectivity index (χ2v) is 9.62. The van der Waals surface area contributed by atoms with Gasteiger partial charge >= 0.3 is 0 Å². The van der Waals surface area contributed by atoms with Crippen molar-refractivity contribution in [2.24, 2.45) is 0 Å². The summed E-state index contributed by atoms with van der Waals surface area (Å²) in [5, 5.41) is 1.22. The van der Waals surface area contributed by atoms with Crippen LogP contribution in [0.5, 0.6) is 17.2 Å². The van der Waals surface area contributed by atoms with Gasteiger partial charge in [0.1, 0.15) is 0 Å². The summed E-state index contributed by atoms with van der Waals surface area (Å²) in [6.45, 7) is 6.39. The highest BCUT2D eigenvalue weighted by atomic mass is 32.1. The molecule has 0 aliphatic carbocycles. The van der Waals surface area contributed by atoms with Crippen molar-refractivity contribution in [3.05, 3.63) is 52.9 Å². The predicted octanol–water partition coefficient (Wildman–Crippen LogP) is 6.08. The van der Waals surface area contributed by atoms with Gasteiger partial charge in [-0.2, -0.15) is 0 Å². The largest absolute Gasteiger partial charge is 0.493 e. The first-order chi connectivity index (χ1) is 17.0. The molecule has 3 aromatic rings. The lowest BCUT2D eigenvalue weighted by Gasteiger charge is -2.27. The first-order valence-corrected chi connectivity index (χ1v) is 13.1. The number of methoxy groups -OCH3 is 3. The molecule has 1 unspecified atom stereocenters. The van der Waals surface area contributed by atoms with E-state index in [4.69, 9.17) is 14.2 Å². The maximum atomic E-state index is 13.8. The molecule has 2 heterocycles. The molecular formula is C28H38N2O4S. The number of carbonyl (C=O) groups is 1. The van der Waals surface area contributed by atoms with Gasteiger partial charge in [0.05, 0.1) is 27.9 Å². The van der Waals surface area contributed by atoms with Crippen LogP contribution in [0.2, 0.25) is 0 Å². The minimum atomic E-state index is -0.0349. The number of fused-ring (bicyclic) bond motifs is 1. The zero-order valence-electron chi connectivity index (χ0n) is 21.8. The molecule has 1 fully saturated rings. The Balaban J connectivity index is 0.00000167. The summed E-state index contributed by atoms with van der Waals surface area (Å²) in [4.78, 5) is 19.3. The van der Waals surface area contributed by atoms with E-state index in [-0.39, 0.29) is 5.91 Å². The van der Waals surface area contributed by atoms with Crippen molar-refractivity contribution in [2.75, 3.05) is 41.5 Å². The van der Waals surface area contributed by atoms with Gasteiger partial charge in [-0.15, -0.1) is 11.3 Å². The van der Waals surface area contributed by atoms with Crippen molar-refractivity contribution >= 4 is 27.3 Å². The summed E-state index contributed by atoms with van der Waals surface area (Å²) < 4.78 is 17.6. The summed E-state index contributed by atoms with van der Waals surface area (Å²) in [7, 11) is 6.87. The smallest absolute Gasteiger partial charge is 0.254 e. The van der Waals surface area contributed by atoms with Crippen LogP contribution in [-0.4, -0.2) is 63.2 Å². The third-order valence-electron chi connectivity index (χ3n) is 6.43. The van der Waals surface area contributed by atoms with Crippen LogP contribution in [0, 0.1) is 0 Å². The number of thiophene rings is 1. The van der Waals surface area contributed by atoms with Crippen LogP contribution in [0.25, 0.3) is 10.1 Å². The molecular weight excluding hydrogens is 460 g/mol. The van der Waals surface area contributed by atoms with E-state index in [2.05, 4.69) is 36.2 Å². The number of ether oxygens (including phenoxy) is 3. The van der Waals surface area contributed by atoms with Gasteiger partial charge in [-0.1, -0.05) is 32.0 Å². The fraction of sp³-hybridized carbons (Fsp3) is 0.464. The summed E-state index contributed by atoms with van der Waals surface area (Å²) in [5.41, 5.74) is 0.533. The van der Waals surface area contributed by atoms with Crippen molar-refractivity contribution in [1.29, 1.82) is 0 Å². The fourth-order valence-corrected chi connectivity index (χ4v) is 5.67. The fourth-order valence-electron chi connectivity index (χ4n) is 4.59. The molecule has 1 amide bonds. The van der Waals surface area contributed by atoms with E-state index < -0.39 is 0 Å². The minimum absolute atomic E-state index is 0.0349. The first-order valence-electron chi connectivity index (χ1n) is 12.3. The van der Waals surface area contributed by atoms with Crippen molar-refractivity contribution in [3.63, 3.8) is 0 Å². The van der Waals surface area contributed by atoms with Crippen molar-refractivity contribution in [1.82, 2.24) is 9.80 Å². The highest BCUT2D eigenvalue weighted by Gasteiger charge is 2.25. The zero-order valence-corrected chi connectivity index (χ0v) is 22.6. The highest BCUT2D eigenvalue weighted by Crippen LogP contribution is 2.38. The van der Waals surface area contributed by atoms with E-state index in [0.717, 1.165) is 13.0 Å². The Morgan fingerprint density at radius 1 is 1.06 bits per heavy atom. The lowest BCUT2D eigenvalue weighted by molar-refractivity contribution is 0.0730. The number of benzene rings is 2.